The maximum absolute atomic E-state index is 13.5. The summed E-state index contributed by atoms with van der Waals surface area (Å²) in [6, 6.07) is 21.7. The molecule has 3 aromatic carbocycles. The molecule has 1 aliphatic rings. The van der Waals surface area contributed by atoms with Crippen LogP contribution in [0.3, 0.4) is 0 Å². The summed E-state index contributed by atoms with van der Waals surface area (Å²) in [6.07, 6.45) is 0.0894. The van der Waals surface area contributed by atoms with Crippen LogP contribution in [0.15, 0.2) is 87.1 Å². The first-order chi connectivity index (χ1) is 13.9. The van der Waals surface area contributed by atoms with Crippen LogP contribution in [0, 0.1) is 6.92 Å². The molecule has 148 valence electrons. The zero-order valence-corrected chi connectivity index (χ0v) is 18.8. The highest BCUT2D eigenvalue weighted by Gasteiger charge is 2.37. The predicted octanol–water partition coefficient (Wildman–Crippen LogP) is 5.72. The zero-order valence-electron chi connectivity index (χ0n) is 15.6. The van der Waals surface area contributed by atoms with E-state index in [9.17, 15) is 13.2 Å². The molecule has 0 saturated heterocycles. The smallest absolute Gasteiger partial charge is 0.270 e. The van der Waals surface area contributed by atoms with Crippen molar-refractivity contribution in [1.29, 1.82) is 0 Å². The van der Waals surface area contributed by atoms with Crippen molar-refractivity contribution in [3.05, 3.63) is 88.4 Å². The van der Waals surface area contributed by atoms with Crippen LogP contribution >= 0.6 is 27.7 Å². The van der Waals surface area contributed by atoms with E-state index in [1.807, 2.05) is 49.4 Å². The SMILES string of the molecule is Cc1ccc(S(=O)(=O)N2C(=O)C[C@H](c3ccccc3)Sc3ccc(Br)cc32)cc1. The van der Waals surface area contributed by atoms with Crippen LogP contribution in [0.2, 0.25) is 0 Å². The van der Waals surface area contributed by atoms with Crippen LogP contribution < -0.4 is 4.31 Å². The first-order valence-electron chi connectivity index (χ1n) is 9.02. The monoisotopic (exact) mass is 487 g/mol. The van der Waals surface area contributed by atoms with Crippen molar-refractivity contribution in [3.63, 3.8) is 0 Å². The molecule has 0 bridgehead atoms. The number of hydrogen-bond donors (Lipinski definition) is 0. The number of amides is 1. The number of sulfonamides is 1. The minimum Gasteiger partial charge on any atom is -0.273 e. The second-order valence-electron chi connectivity index (χ2n) is 6.81. The Bertz CT molecular complexity index is 1160. The van der Waals surface area contributed by atoms with Crippen molar-refractivity contribution in [2.24, 2.45) is 0 Å². The van der Waals surface area contributed by atoms with Crippen molar-refractivity contribution in [2.75, 3.05) is 4.31 Å². The summed E-state index contributed by atoms with van der Waals surface area (Å²) in [4.78, 5) is 14.1. The molecule has 1 atom stereocenters. The van der Waals surface area contributed by atoms with Gasteiger partial charge in [0, 0.05) is 21.0 Å². The normalized spacial score (nSPS) is 17.0. The molecule has 0 radical (unpaired) electrons. The van der Waals surface area contributed by atoms with Crippen LogP contribution in [0.1, 0.15) is 22.8 Å². The highest BCUT2D eigenvalue weighted by Crippen LogP contribution is 2.47. The van der Waals surface area contributed by atoms with E-state index >= 15 is 0 Å². The second kappa shape index (κ2) is 7.97. The van der Waals surface area contributed by atoms with Gasteiger partial charge in [-0.25, -0.2) is 12.7 Å². The number of benzene rings is 3. The zero-order chi connectivity index (χ0) is 20.6. The van der Waals surface area contributed by atoms with Gasteiger partial charge in [0.2, 0.25) is 5.91 Å². The standard InChI is InChI=1S/C22H18BrNO3S2/c1-15-7-10-18(11-8-15)29(26,27)24-19-13-17(23)9-12-20(19)28-21(14-22(24)25)16-5-3-2-4-6-16/h2-13,21H,14H2,1H3/t21-/m1/s1. The maximum Gasteiger partial charge on any atom is 0.270 e. The van der Waals surface area contributed by atoms with Gasteiger partial charge in [-0.2, -0.15) is 0 Å². The van der Waals surface area contributed by atoms with Gasteiger partial charge in [0.15, 0.2) is 0 Å². The van der Waals surface area contributed by atoms with Crippen LogP contribution in [-0.4, -0.2) is 14.3 Å². The molecule has 0 N–H and O–H groups in total. The minimum atomic E-state index is -4.04. The lowest BCUT2D eigenvalue weighted by Gasteiger charge is -2.22. The van der Waals surface area contributed by atoms with Crippen LogP contribution in [0.25, 0.3) is 0 Å². The number of nitrogens with zero attached hydrogens (tertiary/aromatic N) is 1. The topological polar surface area (TPSA) is 54.5 Å². The number of thioether (sulfide) groups is 1. The summed E-state index contributed by atoms with van der Waals surface area (Å²) in [7, 11) is -4.04. The molecule has 0 unspecified atom stereocenters. The fourth-order valence-electron chi connectivity index (χ4n) is 3.25. The van der Waals surface area contributed by atoms with Gasteiger partial charge in [-0.05, 0) is 42.8 Å². The highest BCUT2D eigenvalue weighted by molar-refractivity contribution is 9.10. The molecule has 0 spiro atoms. The second-order valence-corrected chi connectivity index (χ2v) is 10.8. The lowest BCUT2D eigenvalue weighted by molar-refractivity contribution is -0.117. The Hall–Kier alpha value is -2.09. The van der Waals surface area contributed by atoms with Gasteiger partial charge in [0.05, 0.1) is 10.6 Å². The van der Waals surface area contributed by atoms with Crippen LogP contribution in [0.4, 0.5) is 5.69 Å². The van der Waals surface area contributed by atoms with E-state index in [1.54, 1.807) is 30.3 Å². The fourth-order valence-corrected chi connectivity index (χ4v) is 6.35. The lowest BCUT2D eigenvalue weighted by Crippen LogP contribution is -2.37. The molecule has 0 aromatic heterocycles. The molecule has 0 fully saturated rings. The summed E-state index contributed by atoms with van der Waals surface area (Å²) >= 11 is 4.93. The third kappa shape index (κ3) is 3.99. The Morgan fingerprint density at radius 2 is 1.69 bits per heavy atom. The number of rotatable bonds is 3. The number of carbonyl (C=O) groups excluding carboxylic acids is 1. The molecule has 4 nitrogen and oxygen atoms in total. The Morgan fingerprint density at radius 1 is 1.00 bits per heavy atom. The van der Waals surface area contributed by atoms with Crippen molar-refractivity contribution >= 4 is 49.3 Å². The average molecular weight is 488 g/mol. The Labute approximate surface area is 183 Å². The molecule has 1 aliphatic heterocycles. The summed E-state index contributed by atoms with van der Waals surface area (Å²) < 4.78 is 28.6. The minimum absolute atomic E-state index is 0.0894. The van der Waals surface area contributed by atoms with E-state index in [0.717, 1.165) is 20.3 Å². The van der Waals surface area contributed by atoms with E-state index in [4.69, 9.17) is 0 Å². The maximum atomic E-state index is 13.5. The molecular formula is C22H18BrNO3S2. The van der Waals surface area contributed by atoms with E-state index < -0.39 is 15.9 Å². The fraction of sp³-hybridized carbons (Fsp3) is 0.136. The molecular weight excluding hydrogens is 470 g/mol. The number of anilines is 1. The highest BCUT2D eigenvalue weighted by atomic mass is 79.9. The molecule has 1 heterocycles. The molecule has 3 aromatic rings. The molecule has 0 aliphatic carbocycles. The predicted molar refractivity (Wildman–Crippen MR) is 120 cm³/mol. The lowest BCUT2D eigenvalue weighted by atomic mass is 10.1. The summed E-state index contributed by atoms with van der Waals surface area (Å²) in [5.74, 6) is -0.441. The number of halogens is 1. The molecule has 4 rings (SSSR count). The van der Waals surface area contributed by atoms with Gasteiger partial charge in [-0.3, -0.25) is 4.79 Å². The third-order valence-corrected chi connectivity index (χ3v) is 8.29. The van der Waals surface area contributed by atoms with E-state index in [1.165, 1.54) is 11.8 Å². The van der Waals surface area contributed by atoms with Gasteiger partial charge in [-0.15, -0.1) is 11.8 Å². The van der Waals surface area contributed by atoms with Crippen molar-refractivity contribution in [1.82, 2.24) is 0 Å². The number of carbonyl (C=O) groups is 1. The Kier molecular flexibility index (Phi) is 5.55. The van der Waals surface area contributed by atoms with Gasteiger partial charge >= 0.3 is 0 Å². The summed E-state index contributed by atoms with van der Waals surface area (Å²) in [5.41, 5.74) is 2.33. The first kappa shape index (κ1) is 20.2. The largest absolute Gasteiger partial charge is 0.273 e. The van der Waals surface area contributed by atoms with E-state index in [2.05, 4.69) is 15.9 Å². The van der Waals surface area contributed by atoms with Crippen molar-refractivity contribution < 1.29 is 13.2 Å². The Morgan fingerprint density at radius 3 is 2.38 bits per heavy atom. The van der Waals surface area contributed by atoms with Crippen LogP contribution in [0.5, 0.6) is 0 Å². The van der Waals surface area contributed by atoms with Gasteiger partial charge < -0.3 is 0 Å². The Balaban J connectivity index is 1.85. The quantitative estimate of drug-likeness (QED) is 0.474. The third-order valence-electron chi connectivity index (χ3n) is 4.73. The number of aryl methyl sites for hydroxylation is 1. The number of fused-ring (bicyclic) bond motifs is 1. The van der Waals surface area contributed by atoms with Crippen LogP contribution in [-0.2, 0) is 14.8 Å². The molecule has 7 heteroatoms. The molecule has 0 saturated carbocycles. The summed E-state index contributed by atoms with van der Waals surface area (Å²) in [5, 5.41) is -0.165. The number of hydrogen-bond acceptors (Lipinski definition) is 4. The van der Waals surface area contributed by atoms with Gasteiger partial charge in [0.25, 0.3) is 10.0 Å². The van der Waals surface area contributed by atoms with Gasteiger partial charge in [0.1, 0.15) is 0 Å². The van der Waals surface area contributed by atoms with E-state index in [0.29, 0.717) is 10.2 Å². The molecule has 29 heavy (non-hydrogen) atoms. The summed E-state index contributed by atoms with van der Waals surface area (Å²) in [6.45, 7) is 1.89. The van der Waals surface area contributed by atoms with Crippen molar-refractivity contribution in [3.8, 4) is 0 Å². The first-order valence-corrected chi connectivity index (χ1v) is 12.1. The van der Waals surface area contributed by atoms with Gasteiger partial charge in [-0.1, -0.05) is 64.0 Å². The average Bonchev–Trinajstić information content (AvgIpc) is 2.84. The van der Waals surface area contributed by atoms with E-state index in [-0.39, 0.29) is 16.6 Å². The molecule has 1 amide bonds. The van der Waals surface area contributed by atoms with Crippen molar-refractivity contribution in [2.45, 2.75) is 28.4 Å².